The van der Waals surface area contributed by atoms with Crippen molar-refractivity contribution >= 4 is 12.6 Å². The van der Waals surface area contributed by atoms with E-state index in [1.54, 1.807) is 7.11 Å². The van der Waals surface area contributed by atoms with Gasteiger partial charge >= 0.3 is 7.12 Å². The van der Waals surface area contributed by atoms with E-state index in [2.05, 4.69) is 64.6 Å². The Bertz CT molecular complexity index is 645. The second-order valence-electron chi connectivity index (χ2n) is 9.29. The molecule has 0 saturated carbocycles. The lowest BCUT2D eigenvalue weighted by atomic mass is 9.78. The molecule has 0 aromatic heterocycles. The number of rotatable bonds is 5. The summed E-state index contributed by atoms with van der Waals surface area (Å²) in [5, 5.41) is 0. The van der Waals surface area contributed by atoms with Gasteiger partial charge in [0, 0.05) is 24.7 Å². The van der Waals surface area contributed by atoms with E-state index in [4.69, 9.17) is 14.0 Å². The number of piperidine rings is 1. The van der Waals surface area contributed by atoms with Crippen molar-refractivity contribution in [3.05, 3.63) is 23.8 Å². The molecule has 0 N–H and O–H groups in total. The Morgan fingerprint density at radius 1 is 1.15 bits per heavy atom. The molecule has 1 aromatic carbocycles. The average molecular weight is 373 g/mol. The zero-order valence-corrected chi connectivity index (χ0v) is 18.2. The molecule has 2 saturated heterocycles. The molecular weight excluding hydrogens is 337 g/mol. The molecule has 150 valence electrons. The molecule has 0 bridgehead atoms. The largest absolute Gasteiger partial charge is 0.496 e. The van der Waals surface area contributed by atoms with Crippen LogP contribution in [0, 0.1) is 5.92 Å². The molecule has 0 amide bonds. The fourth-order valence-electron chi connectivity index (χ4n) is 4.08. The molecular formula is C22H36BNO3. The van der Waals surface area contributed by atoms with Gasteiger partial charge in [0.05, 0.1) is 18.3 Å². The van der Waals surface area contributed by atoms with Crippen LogP contribution in [-0.2, 0) is 15.9 Å². The Morgan fingerprint density at radius 3 is 2.41 bits per heavy atom. The van der Waals surface area contributed by atoms with Gasteiger partial charge in [-0.3, -0.25) is 4.90 Å². The molecule has 2 unspecified atom stereocenters. The third kappa shape index (κ3) is 4.20. The van der Waals surface area contributed by atoms with E-state index < -0.39 is 0 Å². The van der Waals surface area contributed by atoms with Crippen LogP contribution in [0.3, 0.4) is 0 Å². The fourth-order valence-corrected chi connectivity index (χ4v) is 4.08. The van der Waals surface area contributed by atoms with Gasteiger partial charge in [-0.2, -0.15) is 0 Å². The minimum Gasteiger partial charge on any atom is -0.496 e. The summed E-state index contributed by atoms with van der Waals surface area (Å²) < 4.78 is 18.2. The van der Waals surface area contributed by atoms with Crippen molar-refractivity contribution < 1.29 is 14.0 Å². The number of benzene rings is 1. The lowest BCUT2D eigenvalue weighted by Crippen LogP contribution is -2.41. The van der Waals surface area contributed by atoms with Crippen molar-refractivity contribution in [1.29, 1.82) is 0 Å². The van der Waals surface area contributed by atoms with Crippen molar-refractivity contribution in [1.82, 2.24) is 4.90 Å². The highest BCUT2D eigenvalue weighted by Crippen LogP contribution is 2.37. The Balaban J connectivity index is 1.82. The van der Waals surface area contributed by atoms with Gasteiger partial charge in [0.25, 0.3) is 0 Å². The van der Waals surface area contributed by atoms with Crippen molar-refractivity contribution in [2.75, 3.05) is 13.7 Å². The summed E-state index contributed by atoms with van der Waals surface area (Å²) in [7, 11) is 1.42. The lowest BCUT2D eigenvalue weighted by Gasteiger charge is -2.38. The van der Waals surface area contributed by atoms with Gasteiger partial charge in [0.15, 0.2) is 0 Å². The first-order valence-corrected chi connectivity index (χ1v) is 10.4. The number of hydrogen-bond acceptors (Lipinski definition) is 4. The molecule has 5 heteroatoms. The Labute approximate surface area is 165 Å². The molecule has 2 atom stereocenters. The van der Waals surface area contributed by atoms with Crippen LogP contribution in [0.5, 0.6) is 5.75 Å². The van der Waals surface area contributed by atoms with Gasteiger partial charge < -0.3 is 14.0 Å². The molecule has 0 aliphatic carbocycles. The van der Waals surface area contributed by atoms with E-state index in [9.17, 15) is 0 Å². The van der Waals surface area contributed by atoms with E-state index >= 15 is 0 Å². The summed E-state index contributed by atoms with van der Waals surface area (Å²) in [6, 6.07) is 6.95. The highest BCUT2D eigenvalue weighted by Gasteiger charge is 2.51. The monoisotopic (exact) mass is 373 g/mol. The first kappa shape index (κ1) is 20.7. The second-order valence-corrected chi connectivity index (χ2v) is 9.29. The maximum Gasteiger partial charge on any atom is 0.494 e. The van der Waals surface area contributed by atoms with E-state index in [-0.39, 0.29) is 18.3 Å². The van der Waals surface area contributed by atoms with Crippen LogP contribution in [0.1, 0.15) is 66.4 Å². The summed E-state index contributed by atoms with van der Waals surface area (Å²) in [5.41, 5.74) is 1.63. The SMILES string of the molecule is CCC1CCC(C)N(Cc2cc(B3OC(C)(C)C(C)(C)O3)ccc2OC)C1. The third-order valence-corrected chi connectivity index (χ3v) is 6.89. The summed E-state index contributed by atoms with van der Waals surface area (Å²) >= 11 is 0. The first-order chi connectivity index (χ1) is 12.7. The van der Waals surface area contributed by atoms with Gasteiger partial charge in [0.2, 0.25) is 0 Å². The molecule has 2 heterocycles. The smallest absolute Gasteiger partial charge is 0.494 e. The number of methoxy groups -OCH3 is 1. The van der Waals surface area contributed by atoms with Crippen LogP contribution in [0.15, 0.2) is 18.2 Å². The summed E-state index contributed by atoms with van der Waals surface area (Å²) in [6.45, 7) is 15.1. The number of nitrogens with zero attached hydrogens (tertiary/aromatic N) is 1. The molecule has 4 nitrogen and oxygen atoms in total. The zero-order chi connectivity index (χ0) is 19.8. The molecule has 3 rings (SSSR count). The van der Waals surface area contributed by atoms with Crippen LogP contribution in [0.2, 0.25) is 0 Å². The average Bonchev–Trinajstić information content (AvgIpc) is 2.84. The minimum absolute atomic E-state index is 0.326. The minimum atomic E-state index is -0.332. The van der Waals surface area contributed by atoms with E-state index in [0.29, 0.717) is 6.04 Å². The van der Waals surface area contributed by atoms with Gasteiger partial charge in [0.1, 0.15) is 5.75 Å². The Hall–Kier alpha value is -1.04. The van der Waals surface area contributed by atoms with Gasteiger partial charge in [-0.15, -0.1) is 0 Å². The zero-order valence-electron chi connectivity index (χ0n) is 18.2. The van der Waals surface area contributed by atoms with E-state index in [1.165, 1.54) is 31.4 Å². The van der Waals surface area contributed by atoms with Crippen molar-refractivity contribution in [2.24, 2.45) is 5.92 Å². The molecule has 1 aromatic rings. The van der Waals surface area contributed by atoms with Gasteiger partial charge in [-0.25, -0.2) is 0 Å². The van der Waals surface area contributed by atoms with Crippen molar-refractivity contribution in [3.63, 3.8) is 0 Å². The van der Waals surface area contributed by atoms with Crippen LogP contribution in [0.25, 0.3) is 0 Å². The summed E-state index contributed by atoms with van der Waals surface area (Å²) in [6.07, 6.45) is 3.88. The van der Waals surface area contributed by atoms with Crippen LogP contribution >= 0.6 is 0 Å². The summed E-state index contributed by atoms with van der Waals surface area (Å²) in [5.74, 6) is 1.75. The van der Waals surface area contributed by atoms with Gasteiger partial charge in [-0.05, 0) is 64.9 Å². The Kier molecular flexibility index (Phi) is 5.95. The number of likely N-dealkylation sites (tertiary alicyclic amines) is 1. The van der Waals surface area contributed by atoms with Crippen LogP contribution < -0.4 is 10.2 Å². The predicted octanol–water partition coefficient (Wildman–Crippen LogP) is 4.00. The maximum absolute atomic E-state index is 6.25. The molecule has 2 aliphatic rings. The van der Waals surface area contributed by atoms with Crippen molar-refractivity contribution in [2.45, 2.75) is 84.6 Å². The first-order valence-electron chi connectivity index (χ1n) is 10.4. The standard InChI is InChI=1S/C22H36BNO3/c1-8-17-10-9-16(2)24(14-17)15-18-13-19(11-12-20(18)25-7)23-26-21(3,4)22(5,6)27-23/h11-13,16-17H,8-10,14-15H2,1-7H3. The third-order valence-electron chi connectivity index (χ3n) is 6.89. The molecule has 2 fully saturated rings. The fraction of sp³-hybridized carbons (Fsp3) is 0.727. The highest BCUT2D eigenvalue weighted by atomic mass is 16.7. The molecule has 0 radical (unpaired) electrons. The Morgan fingerprint density at radius 2 is 1.81 bits per heavy atom. The number of ether oxygens (including phenoxy) is 1. The second kappa shape index (κ2) is 7.77. The molecule has 0 spiro atoms. The van der Waals surface area contributed by atoms with E-state index in [0.717, 1.165) is 23.7 Å². The highest BCUT2D eigenvalue weighted by molar-refractivity contribution is 6.62. The normalized spacial score (nSPS) is 27.7. The van der Waals surface area contributed by atoms with Crippen molar-refractivity contribution in [3.8, 4) is 5.75 Å². The van der Waals surface area contributed by atoms with Crippen LogP contribution in [0.4, 0.5) is 0 Å². The number of hydrogen-bond donors (Lipinski definition) is 0. The van der Waals surface area contributed by atoms with E-state index in [1.807, 2.05) is 0 Å². The van der Waals surface area contributed by atoms with Gasteiger partial charge in [-0.1, -0.05) is 25.5 Å². The quantitative estimate of drug-likeness (QED) is 0.730. The molecule has 2 aliphatic heterocycles. The topological polar surface area (TPSA) is 30.9 Å². The predicted molar refractivity (Wildman–Crippen MR) is 112 cm³/mol. The molecule has 27 heavy (non-hydrogen) atoms. The lowest BCUT2D eigenvalue weighted by molar-refractivity contribution is 0.00578. The summed E-state index contributed by atoms with van der Waals surface area (Å²) in [4.78, 5) is 2.60. The van der Waals surface area contributed by atoms with Crippen LogP contribution in [-0.4, -0.2) is 42.9 Å². The maximum atomic E-state index is 6.25.